The Hall–Kier alpha value is -1.46. The van der Waals surface area contributed by atoms with E-state index in [4.69, 9.17) is 10.3 Å². The van der Waals surface area contributed by atoms with Crippen LogP contribution in [-0.2, 0) is 12.8 Å². The van der Waals surface area contributed by atoms with Gasteiger partial charge in [-0.2, -0.15) is 4.98 Å². The van der Waals surface area contributed by atoms with E-state index in [9.17, 15) is 0 Å². The molecule has 114 valence electrons. The summed E-state index contributed by atoms with van der Waals surface area (Å²) in [6.45, 7) is 0. The molecule has 0 spiro atoms. The van der Waals surface area contributed by atoms with Crippen molar-refractivity contribution in [1.82, 2.24) is 15.1 Å². The molecule has 3 rings (SSSR count). The highest BCUT2D eigenvalue weighted by Gasteiger charge is 2.24. The number of nitrogens with two attached hydrogens (primary N) is 1. The fourth-order valence-corrected chi connectivity index (χ4v) is 2.84. The summed E-state index contributed by atoms with van der Waals surface area (Å²) in [7, 11) is 0. The molecule has 1 fully saturated rings. The number of halogens is 1. The first-order valence-electron chi connectivity index (χ1n) is 7.27. The quantitative estimate of drug-likeness (QED) is 0.939. The maximum absolute atomic E-state index is 6.16. The van der Waals surface area contributed by atoms with Gasteiger partial charge in [-0.25, -0.2) is 0 Å². The van der Waals surface area contributed by atoms with Gasteiger partial charge in [-0.05, 0) is 30.4 Å². The van der Waals surface area contributed by atoms with Gasteiger partial charge in [0, 0.05) is 31.3 Å². The van der Waals surface area contributed by atoms with E-state index in [2.05, 4.69) is 15.1 Å². The molecule has 6 heteroatoms. The second-order valence-electron chi connectivity index (χ2n) is 5.55. The highest BCUT2D eigenvalue weighted by atomic mass is 35.5. The monoisotopic (exact) mass is 308 g/mol. The van der Waals surface area contributed by atoms with Gasteiger partial charge in [0.2, 0.25) is 5.89 Å². The summed E-state index contributed by atoms with van der Waals surface area (Å²) < 4.78 is 5.35. The van der Waals surface area contributed by atoms with Crippen LogP contribution in [0.3, 0.4) is 0 Å². The van der Waals surface area contributed by atoms with Crippen LogP contribution in [0.15, 0.2) is 29.0 Å². The van der Waals surface area contributed by atoms with E-state index in [1.165, 1.54) is 19.3 Å². The third kappa shape index (κ3) is 4.25. The molecule has 2 atom stereocenters. The summed E-state index contributed by atoms with van der Waals surface area (Å²) in [4.78, 5) is 8.56. The summed E-state index contributed by atoms with van der Waals surface area (Å²) in [6.07, 6.45) is 9.84. The number of hydrogen-bond donors (Lipinski definition) is 1. The third-order valence-corrected chi connectivity index (χ3v) is 4.00. The molecule has 0 radical (unpaired) electrons. The van der Waals surface area contributed by atoms with Crippen LogP contribution in [0.2, 0.25) is 0 Å². The van der Waals surface area contributed by atoms with E-state index in [0.717, 1.165) is 24.2 Å². The van der Waals surface area contributed by atoms with Crippen LogP contribution >= 0.6 is 12.4 Å². The highest BCUT2D eigenvalue weighted by molar-refractivity contribution is 5.85. The van der Waals surface area contributed by atoms with E-state index in [-0.39, 0.29) is 18.4 Å². The predicted molar refractivity (Wildman–Crippen MR) is 82.2 cm³/mol. The first-order valence-corrected chi connectivity index (χ1v) is 7.27. The Morgan fingerprint density at radius 1 is 1.29 bits per heavy atom. The lowest BCUT2D eigenvalue weighted by Gasteiger charge is -2.27. The van der Waals surface area contributed by atoms with Crippen molar-refractivity contribution in [1.29, 1.82) is 0 Å². The minimum Gasteiger partial charge on any atom is -0.339 e. The molecule has 0 bridgehead atoms. The van der Waals surface area contributed by atoms with Gasteiger partial charge in [-0.3, -0.25) is 4.98 Å². The van der Waals surface area contributed by atoms with Crippen molar-refractivity contribution in [3.05, 3.63) is 41.8 Å². The van der Waals surface area contributed by atoms with Crippen molar-refractivity contribution < 1.29 is 4.52 Å². The van der Waals surface area contributed by atoms with Gasteiger partial charge in [0.05, 0.1) is 0 Å². The average Bonchev–Trinajstić information content (AvgIpc) is 2.90. The number of hydrogen-bond acceptors (Lipinski definition) is 5. The number of rotatable bonds is 4. The molecule has 2 aromatic heterocycles. The zero-order valence-electron chi connectivity index (χ0n) is 11.9. The molecule has 5 nitrogen and oxygen atoms in total. The van der Waals surface area contributed by atoms with Crippen LogP contribution in [0.25, 0.3) is 0 Å². The first-order chi connectivity index (χ1) is 9.81. The summed E-state index contributed by atoms with van der Waals surface area (Å²) in [5.41, 5.74) is 7.25. The Kier molecular flexibility index (Phi) is 5.70. The molecule has 1 aliphatic carbocycles. The second-order valence-corrected chi connectivity index (χ2v) is 5.55. The lowest BCUT2D eigenvalue weighted by Crippen LogP contribution is -2.34. The number of aromatic nitrogens is 3. The van der Waals surface area contributed by atoms with E-state index in [0.29, 0.717) is 18.2 Å². The van der Waals surface area contributed by atoms with E-state index >= 15 is 0 Å². The largest absolute Gasteiger partial charge is 0.339 e. The van der Waals surface area contributed by atoms with Crippen molar-refractivity contribution in [2.45, 2.75) is 44.6 Å². The molecule has 0 aromatic carbocycles. The minimum atomic E-state index is 0. The zero-order chi connectivity index (χ0) is 13.8. The SMILES string of the molecule is Cl.NC1CCCCC1Cc1nc(Cc2cccnc2)no1. The topological polar surface area (TPSA) is 77.8 Å². The first kappa shape index (κ1) is 15.9. The van der Waals surface area contributed by atoms with Gasteiger partial charge in [-0.15, -0.1) is 12.4 Å². The molecular weight excluding hydrogens is 288 g/mol. The Morgan fingerprint density at radius 3 is 2.90 bits per heavy atom. The average molecular weight is 309 g/mol. The predicted octanol–water partition coefficient (Wildman–Crippen LogP) is 2.54. The number of nitrogens with zero attached hydrogens (tertiary/aromatic N) is 3. The highest BCUT2D eigenvalue weighted by Crippen LogP contribution is 2.25. The van der Waals surface area contributed by atoms with Gasteiger partial charge >= 0.3 is 0 Å². The van der Waals surface area contributed by atoms with Gasteiger partial charge < -0.3 is 10.3 Å². The van der Waals surface area contributed by atoms with Crippen LogP contribution in [0.5, 0.6) is 0 Å². The summed E-state index contributed by atoms with van der Waals surface area (Å²) >= 11 is 0. The Balaban J connectivity index is 0.00000161. The zero-order valence-corrected chi connectivity index (χ0v) is 12.8. The third-order valence-electron chi connectivity index (χ3n) is 4.00. The standard InChI is InChI=1S/C15H20N4O.ClH/c16-13-6-2-1-5-12(13)9-15-18-14(19-20-15)8-11-4-3-7-17-10-11;/h3-4,7,10,12-13H,1-2,5-6,8-9,16H2;1H. The molecule has 1 saturated carbocycles. The summed E-state index contributed by atoms with van der Waals surface area (Å²) in [5, 5.41) is 4.05. The molecular formula is C15H21ClN4O. The molecule has 0 amide bonds. The molecule has 21 heavy (non-hydrogen) atoms. The molecule has 0 aliphatic heterocycles. The number of pyridine rings is 1. The van der Waals surface area contributed by atoms with Crippen LogP contribution in [0, 0.1) is 5.92 Å². The Morgan fingerprint density at radius 2 is 2.14 bits per heavy atom. The lowest BCUT2D eigenvalue weighted by atomic mass is 9.83. The smallest absolute Gasteiger partial charge is 0.226 e. The minimum absolute atomic E-state index is 0. The lowest BCUT2D eigenvalue weighted by molar-refractivity contribution is 0.273. The fraction of sp³-hybridized carbons (Fsp3) is 0.533. The molecule has 0 saturated heterocycles. The maximum atomic E-state index is 6.16. The van der Waals surface area contributed by atoms with Crippen molar-refractivity contribution in [2.24, 2.45) is 11.7 Å². The van der Waals surface area contributed by atoms with Crippen LogP contribution in [0.4, 0.5) is 0 Å². The molecule has 2 N–H and O–H groups in total. The Labute approximate surface area is 130 Å². The summed E-state index contributed by atoms with van der Waals surface area (Å²) in [6, 6.07) is 4.20. The fourth-order valence-electron chi connectivity index (χ4n) is 2.84. The molecule has 2 aromatic rings. The molecule has 2 unspecified atom stereocenters. The van der Waals surface area contributed by atoms with E-state index in [1.807, 2.05) is 18.3 Å². The van der Waals surface area contributed by atoms with Crippen LogP contribution < -0.4 is 5.73 Å². The second kappa shape index (κ2) is 7.52. The van der Waals surface area contributed by atoms with Crippen molar-refractivity contribution in [3.8, 4) is 0 Å². The van der Waals surface area contributed by atoms with Gasteiger partial charge in [-0.1, -0.05) is 24.1 Å². The van der Waals surface area contributed by atoms with Crippen LogP contribution in [0.1, 0.15) is 43.0 Å². The van der Waals surface area contributed by atoms with Crippen molar-refractivity contribution >= 4 is 12.4 Å². The van der Waals surface area contributed by atoms with Gasteiger partial charge in [0.1, 0.15) is 0 Å². The van der Waals surface area contributed by atoms with Gasteiger partial charge in [0.15, 0.2) is 5.82 Å². The van der Waals surface area contributed by atoms with Crippen molar-refractivity contribution in [3.63, 3.8) is 0 Å². The molecule has 1 aliphatic rings. The van der Waals surface area contributed by atoms with Crippen LogP contribution in [-0.4, -0.2) is 21.2 Å². The van der Waals surface area contributed by atoms with Gasteiger partial charge in [0.25, 0.3) is 0 Å². The summed E-state index contributed by atoms with van der Waals surface area (Å²) in [5.74, 6) is 1.92. The van der Waals surface area contributed by atoms with E-state index < -0.39 is 0 Å². The van der Waals surface area contributed by atoms with E-state index in [1.54, 1.807) is 6.20 Å². The van der Waals surface area contributed by atoms with Crippen molar-refractivity contribution in [2.75, 3.05) is 0 Å². The molecule has 2 heterocycles. The Bertz CT molecular complexity index is 546. The normalized spacial score (nSPS) is 21.8. The maximum Gasteiger partial charge on any atom is 0.226 e.